The van der Waals surface area contributed by atoms with Gasteiger partial charge in [0.2, 0.25) is 5.91 Å². The van der Waals surface area contributed by atoms with Gasteiger partial charge in [0.1, 0.15) is 5.75 Å². The summed E-state index contributed by atoms with van der Waals surface area (Å²) in [5, 5.41) is 5.60. The number of ether oxygens (including phenoxy) is 1. The molecule has 2 rings (SSSR count). The first-order valence-electron chi connectivity index (χ1n) is 7.13. The van der Waals surface area contributed by atoms with Gasteiger partial charge in [-0.2, -0.15) is 0 Å². The lowest BCUT2D eigenvalue weighted by molar-refractivity contribution is -0.122. The summed E-state index contributed by atoms with van der Waals surface area (Å²) in [5.41, 5.74) is 6.65. The number of hydrogen-bond donors (Lipinski definition) is 3. The Morgan fingerprint density at radius 2 is 2.29 bits per heavy atom. The molecule has 2 unspecified atom stereocenters. The highest BCUT2D eigenvalue weighted by Gasteiger charge is 2.23. The van der Waals surface area contributed by atoms with Crippen LogP contribution in [0.5, 0.6) is 5.75 Å². The highest BCUT2D eigenvalue weighted by molar-refractivity contribution is 5.99. The monoisotopic (exact) mass is 291 g/mol. The summed E-state index contributed by atoms with van der Waals surface area (Å²) in [6.07, 6.45) is 1.07. The molecule has 2 amide bonds. The van der Waals surface area contributed by atoms with Gasteiger partial charge in [0.25, 0.3) is 5.91 Å². The Morgan fingerprint density at radius 3 is 3.00 bits per heavy atom. The first-order chi connectivity index (χ1) is 10.0. The molecule has 0 spiro atoms. The van der Waals surface area contributed by atoms with Crippen LogP contribution in [0.2, 0.25) is 0 Å². The number of benzene rings is 1. The number of nitrogens with two attached hydrogens (primary N) is 1. The maximum absolute atomic E-state index is 12.0. The van der Waals surface area contributed by atoms with E-state index in [2.05, 4.69) is 10.6 Å². The molecule has 0 aliphatic carbocycles. The molecule has 1 aromatic carbocycles. The zero-order chi connectivity index (χ0) is 15.4. The van der Waals surface area contributed by atoms with E-state index in [4.69, 9.17) is 10.5 Å². The van der Waals surface area contributed by atoms with E-state index in [0.717, 1.165) is 12.8 Å². The van der Waals surface area contributed by atoms with Gasteiger partial charge in [-0.1, -0.05) is 6.92 Å². The minimum Gasteiger partial charge on any atom is -0.479 e. The maximum Gasteiger partial charge on any atom is 0.265 e. The number of hydrogen-bond acceptors (Lipinski definition) is 4. The van der Waals surface area contributed by atoms with Gasteiger partial charge >= 0.3 is 0 Å². The lowest BCUT2D eigenvalue weighted by atomic mass is 10.0. The molecule has 2 atom stereocenters. The maximum atomic E-state index is 12.0. The lowest BCUT2D eigenvalue weighted by Crippen LogP contribution is -2.34. The molecule has 1 heterocycles. The molecule has 1 aliphatic heterocycles. The molecule has 4 N–H and O–H groups in total. The molecular weight excluding hydrogens is 270 g/mol. The van der Waals surface area contributed by atoms with Gasteiger partial charge in [-0.25, -0.2) is 0 Å². The van der Waals surface area contributed by atoms with Crippen LogP contribution in [0.3, 0.4) is 0 Å². The van der Waals surface area contributed by atoms with Crippen molar-refractivity contribution in [1.29, 1.82) is 0 Å². The normalized spacial score (nSPS) is 18.2. The Bertz CT molecular complexity index is 545. The van der Waals surface area contributed by atoms with Crippen molar-refractivity contribution < 1.29 is 14.3 Å². The highest BCUT2D eigenvalue weighted by atomic mass is 16.5. The van der Waals surface area contributed by atoms with Gasteiger partial charge in [-0.15, -0.1) is 0 Å². The van der Waals surface area contributed by atoms with Crippen LogP contribution in [-0.2, 0) is 9.59 Å². The average molecular weight is 291 g/mol. The summed E-state index contributed by atoms with van der Waals surface area (Å²) in [6.45, 7) is 4.14. The Kier molecular flexibility index (Phi) is 4.80. The van der Waals surface area contributed by atoms with Gasteiger partial charge in [0.15, 0.2) is 6.10 Å². The Morgan fingerprint density at radius 1 is 1.52 bits per heavy atom. The van der Waals surface area contributed by atoms with Gasteiger partial charge in [0, 0.05) is 11.6 Å². The second kappa shape index (κ2) is 6.58. The largest absolute Gasteiger partial charge is 0.479 e. The Hall–Kier alpha value is -2.08. The minimum atomic E-state index is -0.505. The second-order valence-electron chi connectivity index (χ2n) is 5.28. The average Bonchev–Trinajstić information content (AvgIpc) is 2.46. The van der Waals surface area contributed by atoms with Gasteiger partial charge in [-0.3, -0.25) is 9.59 Å². The zero-order valence-electron chi connectivity index (χ0n) is 12.3. The van der Waals surface area contributed by atoms with Crippen LogP contribution < -0.4 is 21.1 Å². The molecule has 114 valence electrons. The molecule has 0 saturated heterocycles. The first-order valence-corrected chi connectivity index (χ1v) is 7.13. The quantitative estimate of drug-likeness (QED) is 0.770. The van der Waals surface area contributed by atoms with Crippen molar-refractivity contribution in [2.24, 2.45) is 11.7 Å². The number of anilines is 2. The van der Waals surface area contributed by atoms with E-state index in [-0.39, 0.29) is 17.7 Å². The third-order valence-corrected chi connectivity index (χ3v) is 3.47. The molecule has 0 saturated carbocycles. The van der Waals surface area contributed by atoms with E-state index in [0.29, 0.717) is 23.7 Å². The van der Waals surface area contributed by atoms with Crippen LogP contribution >= 0.6 is 0 Å². The van der Waals surface area contributed by atoms with Crippen LogP contribution in [-0.4, -0.2) is 24.5 Å². The van der Waals surface area contributed by atoms with Crippen molar-refractivity contribution in [2.75, 3.05) is 17.2 Å². The van der Waals surface area contributed by atoms with Crippen molar-refractivity contribution in [1.82, 2.24) is 0 Å². The van der Waals surface area contributed by atoms with Gasteiger partial charge < -0.3 is 21.1 Å². The van der Waals surface area contributed by atoms with Crippen molar-refractivity contribution >= 4 is 23.2 Å². The summed E-state index contributed by atoms with van der Waals surface area (Å²) < 4.78 is 5.47. The number of nitrogens with one attached hydrogen (secondary N) is 2. The summed E-state index contributed by atoms with van der Waals surface area (Å²) in [4.78, 5) is 23.6. The van der Waals surface area contributed by atoms with E-state index in [9.17, 15) is 9.59 Å². The fourth-order valence-electron chi connectivity index (χ4n) is 2.11. The summed E-state index contributed by atoms with van der Waals surface area (Å²) in [6, 6.07) is 5.20. The second-order valence-corrected chi connectivity index (χ2v) is 5.28. The molecular formula is C15H21N3O3. The lowest BCUT2D eigenvalue weighted by Gasteiger charge is -2.24. The van der Waals surface area contributed by atoms with E-state index < -0.39 is 6.10 Å². The Labute approximate surface area is 124 Å². The smallest absolute Gasteiger partial charge is 0.265 e. The summed E-state index contributed by atoms with van der Waals surface area (Å²) >= 11 is 0. The van der Waals surface area contributed by atoms with Crippen molar-refractivity contribution in [3.8, 4) is 5.75 Å². The number of rotatable bonds is 5. The number of amides is 2. The molecule has 21 heavy (non-hydrogen) atoms. The summed E-state index contributed by atoms with van der Waals surface area (Å²) in [5.74, 6) is 0.258. The van der Waals surface area contributed by atoms with E-state index >= 15 is 0 Å². The molecule has 1 aromatic rings. The number of fused-ring (bicyclic) bond motifs is 1. The van der Waals surface area contributed by atoms with E-state index in [1.54, 1.807) is 25.1 Å². The predicted molar refractivity (Wildman–Crippen MR) is 81.2 cm³/mol. The molecule has 1 aliphatic rings. The van der Waals surface area contributed by atoms with Crippen LogP contribution in [0.25, 0.3) is 0 Å². The van der Waals surface area contributed by atoms with E-state index in [1.807, 2.05) is 6.92 Å². The number of carbonyl (C=O) groups is 2. The zero-order valence-corrected chi connectivity index (χ0v) is 12.3. The summed E-state index contributed by atoms with van der Waals surface area (Å²) in [7, 11) is 0. The van der Waals surface area contributed by atoms with Crippen molar-refractivity contribution in [3.05, 3.63) is 18.2 Å². The topological polar surface area (TPSA) is 93.5 Å². The molecule has 6 heteroatoms. The molecule has 0 fully saturated rings. The standard InChI is InChI=1S/C15H21N3O3/c1-9(4-3-7-16)14(19)17-11-5-6-13-12(8-11)18-15(20)10(2)21-13/h5-6,8-10H,3-4,7,16H2,1-2H3,(H,17,19)(H,18,20). The third-order valence-electron chi connectivity index (χ3n) is 3.47. The van der Waals surface area contributed by atoms with Crippen LogP contribution in [0.4, 0.5) is 11.4 Å². The van der Waals surface area contributed by atoms with Crippen molar-refractivity contribution in [2.45, 2.75) is 32.8 Å². The molecule has 6 nitrogen and oxygen atoms in total. The highest BCUT2D eigenvalue weighted by Crippen LogP contribution is 2.32. The fourth-order valence-corrected chi connectivity index (χ4v) is 2.11. The third kappa shape index (κ3) is 3.72. The molecule has 0 aromatic heterocycles. The van der Waals surface area contributed by atoms with Gasteiger partial charge in [-0.05, 0) is 44.5 Å². The predicted octanol–water partition coefficient (Wildman–Crippen LogP) is 1.72. The minimum absolute atomic E-state index is 0.0557. The van der Waals surface area contributed by atoms with Crippen LogP contribution in [0.1, 0.15) is 26.7 Å². The Balaban J connectivity index is 2.04. The van der Waals surface area contributed by atoms with E-state index in [1.165, 1.54) is 0 Å². The SMILES string of the molecule is CC(CCCN)C(=O)Nc1ccc2c(c1)NC(=O)C(C)O2. The van der Waals surface area contributed by atoms with Crippen molar-refractivity contribution in [3.63, 3.8) is 0 Å². The fraction of sp³-hybridized carbons (Fsp3) is 0.467. The first kappa shape index (κ1) is 15.3. The van der Waals surface area contributed by atoms with Crippen LogP contribution in [0, 0.1) is 5.92 Å². The molecule has 0 radical (unpaired) electrons. The number of carbonyl (C=O) groups excluding carboxylic acids is 2. The van der Waals surface area contributed by atoms with Gasteiger partial charge in [0.05, 0.1) is 5.69 Å². The van der Waals surface area contributed by atoms with Crippen LogP contribution in [0.15, 0.2) is 18.2 Å². The molecule has 0 bridgehead atoms.